The molecule has 0 fully saturated rings. The predicted molar refractivity (Wildman–Crippen MR) is 61.1 cm³/mol. The maximum atomic E-state index is 10.5. The van der Waals surface area contributed by atoms with Gasteiger partial charge >= 0.3 is 11.9 Å². The van der Waals surface area contributed by atoms with Gasteiger partial charge in [0.15, 0.2) is 5.92 Å². The number of benzene rings is 1. The summed E-state index contributed by atoms with van der Waals surface area (Å²) in [6.45, 7) is 0. The molecule has 16 heavy (non-hydrogen) atoms. The SMILES string of the molecule is O=C(O)C(C=Nc1cccc(Br)c1)C(=O)O. The van der Waals surface area contributed by atoms with Gasteiger partial charge in [-0.2, -0.15) is 0 Å². The van der Waals surface area contributed by atoms with Crippen molar-refractivity contribution in [3.8, 4) is 0 Å². The van der Waals surface area contributed by atoms with Gasteiger partial charge in [-0.15, -0.1) is 0 Å². The number of aliphatic imine (C=N–C) groups is 1. The van der Waals surface area contributed by atoms with Crippen LogP contribution in [0.25, 0.3) is 0 Å². The Morgan fingerprint density at radius 1 is 1.31 bits per heavy atom. The van der Waals surface area contributed by atoms with Crippen molar-refractivity contribution < 1.29 is 19.8 Å². The van der Waals surface area contributed by atoms with E-state index in [1.54, 1.807) is 24.3 Å². The van der Waals surface area contributed by atoms with Crippen LogP contribution in [0.2, 0.25) is 0 Å². The summed E-state index contributed by atoms with van der Waals surface area (Å²) in [7, 11) is 0. The molecule has 5 nitrogen and oxygen atoms in total. The van der Waals surface area contributed by atoms with E-state index in [2.05, 4.69) is 20.9 Å². The number of aliphatic carboxylic acids is 2. The molecule has 0 atom stereocenters. The lowest BCUT2D eigenvalue weighted by molar-refractivity contribution is -0.150. The Balaban J connectivity index is 2.86. The number of halogens is 1. The zero-order chi connectivity index (χ0) is 12.1. The minimum atomic E-state index is -1.63. The summed E-state index contributed by atoms with van der Waals surface area (Å²) in [5.41, 5.74) is 0.488. The van der Waals surface area contributed by atoms with Crippen LogP contribution in [0.1, 0.15) is 0 Å². The number of hydrogen-bond donors (Lipinski definition) is 2. The molecule has 0 aliphatic carbocycles. The molecule has 1 rings (SSSR count). The fourth-order valence-electron chi connectivity index (χ4n) is 0.950. The molecule has 1 aromatic carbocycles. The van der Waals surface area contributed by atoms with E-state index in [-0.39, 0.29) is 0 Å². The van der Waals surface area contributed by atoms with Crippen molar-refractivity contribution in [2.45, 2.75) is 0 Å². The molecular weight excluding hydrogens is 278 g/mol. The minimum Gasteiger partial charge on any atom is -0.480 e. The van der Waals surface area contributed by atoms with Crippen molar-refractivity contribution in [2.24, 2.45) is 10.9 Å². The molecule has 0 bridgehead atoms. The van der Waals surface area contributed by atoms with E-state index >= 15 is 0 Å². The number of carboxylic acids is 2. The van der Waals surface area contributed by atoms with Crippen LogP contribution in [0.5, 0.6) is 0 Å². The van der Waals surface area contributed by atoms with Gasteiger partial charge in [-0.1, -0.05) is 22.0 Å². The Hall–Kier alpha value is -1.69. The normalized spacial score (nSPS) is 10.9. The predicted octanol–water partition coefficient (Wildman–Crippen LogP) is 1.94. The van der Waals surface area contributed by atoms with E-state index < -0.39 is 17.9 Å². The Labute approximate surface area is 99.6 Å². The average molecular weight is 286 g/mol. The molecule has 0 aromatic heterocycles. The topological polar surface area (TPSA) is 87.0 Å². The molecule has 0 aliphatic rings. The number of carboxylic acid groups (broad SMARTS) is 2. The smallest absolute Gasteiger partial charge is 0.323 e. The molecule has 0 saturated carbocycles. The molecule has 0 spiro atoms. The molecule has 2 N–H and O–H groups in total. The lowest BCUT2D eigenvalue weighted by atomic mass is 10.2. The minimum absolute atomic E-state index is 0.488. The first-order valence-electron chi connectivity index (χ1n) is 4.26. The van der Waals surface area contributed by atoms with Crippen LogP contribution in [0.4, 0.5) is 5.69 Å². The largest absolute Gasteiger partial charge is 0.480 e. The van der Waals surface area contributed by atoms with Gasteiger partial charge in [0.25, 0.3) is 0 Å². The quantitative estimate of drug-likeness (QED) is 0.654. The van der Waals surface area contributed by atoms with Gasteiger partial charge in [-0.3, -0.25) is 14.6 Å². The standard InChI is InChI=1S/C10H8BrNO4/c11-6-2-1-3-7(4-6)12-5-8(9(13)14)10(15)16/h1-5,8H,(H,13,14)(H,15,16). The third-order valence-electron chi connectivity index (χ3n) is 1.71. The van der Waals surface area contributed by atoms with Crippen molar-refractivity contribution in [2.75, 3.05) is 0 Å². The second kappa shape index (κ2) is 5.41. The summed E-state index contributed by atoms with van der Waals surface area (Å²) in [5, 5.41) is 17.2. The van der Waals surface area contributed by atoms with E-state index in [1.807, 2.05) is 0 Å². The summed E-state index contributed by atoms with van der Waals surface area (Å²) in [4.78, 5) is 24.9. The maximum absolute atomic E-state index is 10.5. The van der Waals surface area contributed by atoms with Crippen LogP contribution in [-0.4, -0.2) is 28.4 Å². The van der Waals surface area contributed by atoms with E-state index in [9.17, 15) is 9.59 Å². The van der Waals surface area contributed by atoms with Gasteiger partial charge in [0, 0.05) is 10.7 Å². The third-order valence-corrected chi connectivity index (χ3v) is 2.21. The summed E-state index contributed by atoms with van der Waals surface area (Å²) in [6.07, 6.45) is 0.895. The number of rotatable bonds is 4. The molecule has 0 unspecified atom stereocenters. The zero-order valence-corrected chi connectivity index (χ0v) is 9.59. The second-order valence-corrected chi connectivity index (χ2v) is 3.83. The van der Waals surface area contributed by atoms with Crippen LogP contribution in [0, 0.1) is 5.92 Å². The Morgan fingerprint density at radius 3 is 2.44 bits per heavy atom. The molecule has 0 saturated heterocycles. The molecule has 6 heteroatoms. The van der Waals surface area contributed by atoms with E-state index in [0.29, 0.717) is 5.69 Å². The lowest BCUT2D eigenvalue weighted by Gasteiger charge is -1.99. The second-order valence-electron chi connectivity index (χ2n) is 2.91. The van der Waals surface area contributed by atoms with Crippen molar-refractivity contribution in [3.05, 3.63) is 28.7 Å². The Morgan fingerprint density at radius 2 is 1.94 bits per heavy atom. The fourth-order valence-corrected chi connectivity index (χ4v) is 1.34. The van der Waals surface area contributed by atoms with E-state index in [4.69, 9.17) is 10.2 Å². The first kappa shape index (κ1) is 12.4. The summed E-state index contributed by atoms with van der Waals surface area (Å²) < 4.78 is 0.782. The fraction of sp³-hybridized carbons (Fsp3) is 0.100. The van der Waals surface area contributed by atoms with Gasteiger partial charge < -0.3 is 10.2 Å². The van der Waals surface area contributed by atoms with Crippen LogP contribution in [0.15, 0.2) is 33.7 Å². The third kappa shape index (κ3) is 3.47. The molecule has 0 radical (unpaired) electrons. The summed E-state index contributed by atoms with van der Waals surface area (Å²) >= 11 is 3.22. The Bertz CT molecular complexity index is 430. The average Bonchev–Trinajstić information content (AvgIpc) is 2.16. The highest BCUT2D eigenvalue weighted by Gasteiger charge is 2.23. The lowest BCUT2D eigenvalue weighted by Crippen LogP contribution is -2.24. The zero-order valence-electron chi connectivity index (χ0n) is 8.00. The van der Waals surface area contributed by atoms with Gasteiger partial charge in [-0.05, 0) is 18.2 Å². The first-order valence-corrected chi connectivity index (χ1v) is 5.05. The number of carbonyl (C=O) groups is 2. The van der Waals surface area contributed by atoms with Gasteiger partial charge in [0.2, 0.25) is 0 Å². The highest BCUT2D eigenvalue weighted by atomic mass is 79.9. The molecular formula is C10H8BrNO4. The molecule has 84 valence electrons. The summed E-state index contributed by atoms with van der Waals surface area (Å²) in [6, 6.07) is 6.79. The summed E-state index contributed by atoms with van der Waals surface area (Å²) in [5.74, 6) is -4.50. The number of hydrogen-bond acceptors (Lipinski definition) is 3. The monoisotopic (exact) mass is 285 g/mol. The molecule has 0 aliphatic heterocycles. The van der Waals surface area contributed by atoms with E-state index in [0.717, 1.165) is 10.7 Å². The number of nitrogens with zero attached hydrogens (tertiary/aromatic N) is 1. The molecule has 0 amide bonds. The first-order chi connectivity index (χ1) is 7.50. The highest BCUT2D eigenvalue weighted by molar-refractivity contribution is 9.10. The van der Waals surface area contributed by atoms with Crippen molar-refractivity contribution in [3.63, 3.8) is 0 Å². The van der Waals surface area contributed by atoms with Crippen LogP contribution < -0.4 is 0 Å². The van der Waals surface area contributed by atoms with Crippen LogP contribution in [0.3, 0.4) is 0 Å². The molecule has 0 heterocycles. The van der Waals surface area contributed by atoms with Crippen LogP contribution in [-0.2, 0) is 9.59 Å². The van der Waals surface area contributed by atoms with Gasteiger partial charge in [0.1, 0.15) is 0 Å². The van der Waals surface area contributed by atoms with Gasteiger partial charge in [-0.25, -0.2) is 0 Å². The van der Waals surface area contributed by atoms with Crippen LogP contribution >= 0.6 is 15.9 Å². The molecule has 1 aromatic rings. The Kier molecular flexibility index (Phi) is 4.19. The van der Waals surface area contributed by atoms with Crippen molar-refractivity contribution in [1.29, 1.82) is 0 Å². The maximum Gasteiger partial charge on any atom is 0.323 e. The van der Waals surface area contributed by atoms with Crippen molar-refractivity contribution >= 4 is 39.8 Å². The highest BCUT2D eigenvalue weighted by Crippen LogP contribution is 2.18. The van der Waals surface area contributed by atoms with E-state index in [1.165, 1.54) is 0 Å². The van der Waals surface area contributed by atoms with Gasteiger partial charge in [0.05, 0.1) is 5.69 Å². The van der Waals surface area contributed by atoms with Crippen molar-refractivity contribution in [1.82, 2.24) is 0 Å².